The minimum atomic E-state index is -3.63. The van der Waals surface area contributed by atoms with E-state index in [0.29, 0.717) is 18.7 Å². The maximum absolute atomic E-state index is 13.3. The van der Waals surface area contributed by atoms with Crippen molar-refractivity contribution in [2.45, 2.75) is 31.7 Å². The second-order valence-corrected chi connectivity index (χ2v) is 10.1. The average Bonchev–Trinajstić information content (AvgIpc) is 3.02. The van der Waals surface area contributed by atoms with E-state index in [4.69, 9.17) is 0 Å². The Kier molecular flexibility index (Phi) is 5.75. The molecule has 0 radical (unpaired) electrons. The first-order valence-corrected chi connectivity index (χ1v) is 12.0. The molecule has 2 aromatic rings. The number of rotatable bonds is 4. The highest BCUT2D eigenvalue weighted by molar-refractivity contribution is 7.90. The molecule has 1 atom stereocenters. The van der Waals surface area contributed by atoms with Crippen molar-refractivity contribution in [1.29, 1.82) is 0 Å². The number of sulfonamides is 1. The van der Waals surface area contributed by atoms with E-state index in [0.717, 1.165) is 13.1 Å². The number of aryl methyl sites for hydroxylation is 1. The summed E-state index contributed by atoms with van der Waals surface area (Å²) in [7, 11) is -3.63. The normalized spacial score (nSPS) is 19.9. The predicted molar refractivity (Wildman–Crippen MR) is 122 cm³/mol. The lowest BCUT2D eigenvalue weighted by Crippen LogP contribution is -2.52. The van der Waals surface area contributed by atoms with Gasteiger partial charge in [-0.15, -0.1) is 0 Å². The molecule has 1 unspecified atom stereocenters. The van der Waals surface area contributed by atoms with Crippen LogP contribution >= 0.6 is 0 Å². The zero-order valence-electron chi connectivity index (χ0n) is 18.1. The van der Waals surface area contributed by atoms with Crippen molar-refractivity contribution in [2.24, 2.45) is 10.9 Å². The van der Waals surface area contributed by atoms with Crippen molar-refractivity contribution in [3.05, 3.63) is 59.7 Å². The number of anilines is 1. The molecule has 8 heteroatoms. The van der Waals surface area contributed by atoms with Gasteiger partial charge in [-0.1, -0.05) is 38.1 Å². The summed E-state index contributed by atoms with van der Waals surface area (Å²) in [5.41, 5.74) is 2.90. The zero-order valence-corrected chi connectivity index (χ0v) is 18.9. The number of carbonyl (C=O) groups excluding carboxylic acids is 1. The number of benzene rings is 2. The van der Waals surface area contributed by atoms with Gasteiger partial charge in [-0.25, -0.2) is 8.42 Å². The average molecular weight is 441 g/mol. The fraction of sp³-hybridized carbons (Fsp3) is 0.391. The molecule has 0 aromatic heterocycles. The smallest absolute Gasteiger partial charge is 0.263 e. The molecule has 0 bridgehead atoms. The first kappa shape index (κ1) is 21.4. The highest BCUT2D eigenvalue weighted by Crippen LogP contribution is 2.24. The molecular weight excluding hydrogens is 412 g/mol. The highest BCUT2D eigenvalue weighted by atomic mass is 32.2. The number of hydrogen-bond acceptors (Lipinski definition) is 5. The molecule has 1 N–H and O–H groups in total. The van der Waals surface area contributed by atoms with Crippen LogP contribution in [0.1, 0.15) is 25.0 Å². The van der Waals surface area contributed by atoms with Gasteiger partial charge in [-0.2, -0.15) is 0 Å². The quantitative estimate of drug-likeness (QED) is 0.792. The lowest BCUT2D eigenvalue weighted by Gasteiger charge is -2.37. The minimum Gasteiger partial charge on any atom is -0.368 e. The maximum atomic E-state index is 13.3. The van der Waals surface area contributed by atoms with E-state index < -0.39 is 16.1 Å². The number of amidine groups is 1. The Morgan fingerprint density at radius 2 is 1.74 bits per heavy atom. The summed E-state index contributed by atoms with van der Waals surface area (Å²) in [6.07, 6.45) is 0. The summed E-state index contributed by atoms with van der Waals surface area (Å²) in [5.74, 6) is 0.128. The van der Waals surface area contributed by atoms with E-state index in [1.807, 2.05) is 24.8 Å². The molecule has 7 nitrogen and oxygen atoms in total. The Hall–Kier alpha value is -2.87. The summed E-state index contributed by atoms with van der Waals surface area (Å²) < 4.78 is 27.3. The van der Waals surface area contributed by atoms with Crippen molar-refractivity contribution in [2.75, 3.05) is 31.1 Å². The number of amides is 1. The van der Waals surface area contributed by atoms with Gasteiger partial charge >= 0.3 is 0 Å². The van der Waals surface area contributed by atoms with Gasteiger partial charge in [0.15, 0.2) is 0 Å². The Bertz CT molecular complexity index is 1120. The molecule has 1 fully saturated rings. The summed E-state index contributed by atoms with van der Waals surface area (Å²) in [5, 5.41) is 0. The Labute approximate surface area is 183 Å². The van der Waals surface area contributed by atoms with Crippen LogP contribution in [0.5, 0.6) is 0 Å². The third-order valence-electron chi connectivity index (χ3n) is 5.77. The number of fused-ring (bicyclic) bond motifs is 1. The molecule has 0 aliphatic carbocycles. The van der Waals surface area contributed by atoms with Crippen molar-refractivity contribution in [3.63, 3.8) is 0 Å². The van der Waals surface area contributed by atoms with Crippen LogP contribution in [0.2, 0.25) is 0 Å². The second kappa shape index (κ2) is 8.34. The maximum Gasteiger partial charge on any atom is 0.263 e. The van der Waals surface area contributed by atoms with Crippen LogP contribution in [-0.4, -0.2) is 57.3 Å². The lowest BCUT2D eigenvalue weighted by molar-refractivity contribution is -0.133. The van der Waals surface area contributed by atoms with Gasteiger partial charge < -0.3 is 9.80 Å². The van der Waals surface area contributed by atoms with Crippen LogP contribution in [0.25, 0.3) is 0 Å². The van der Waals surface area contributed by atoms with Gasteiger partial charge in [-0.3, -0.25) is 14.5 Å². The first-order valence-electron chi connectivity index (χ1n) is 10.6. The number of piperazine rings is 1. The molecule has 2 aliphatic heterocycles. The van der Waals surface area contributed by atoms with Gasteiger partial charge in [0.2, 0.25) is 5.91 Å². The molecule has 2 aromatic carbocycles. The Balaban J connectivity index is 1.51. The van der Waals surface area contributed by atoms with Crippen LogP contribution < -0.4 is 9.62 Å². The van der Waals surface area contributed by atoms with Crippen molar-refractivity contribution in [3.8, 4) is 0 Å². The van der Waals surface area contributed by atoms with Gasteiger partial charge in [0.25, 0.3) is 10.0 Å². The van der Waals surface area contributed by atoms with Crippen LogP contribution in [0.3, 0.4) is 0 Å². The molecule has 4 rings (SSSR count). The van der Waals surface area contributed by atoms with E-state index >= 15 is 0 Å². The third kappa shape index (κ3) is 4.30. The molecule has 31 heavy (non-hydrogen) atoms. The summed E-state index contributed by atoms with van der Waals surface area (Å²) >= 11 is 0. The molecule has 0 saturated carbocycles. The van der Waals surface area contributed by atoms with Gasteiger partial charge in [0.1, 0.15) is 11.9 Å². The second-order valence-electron chi connectivity index (χ2n) is 8.42. The third-order valence-corrected chi connectivity index (χ3v) is 7.17. The van der Waals surface area contributed by atoms with Crippen molar-refractivity contribution in [1.82, 2.24) is 9.62 Å². The van der Waals surface area contributed by atoms with Crippen molar-refractivity contribution >= 4 is 27.5 Å². The largest absolute Gasteiger partial charge is 0.368 e. The fourth-order valence-corrected chi connectivity index (χ4v) is 5.29. The van der Waals surface area contributed by atoms with E-state index in [9.17, 15) is 13.2 Å². The molecule has 0 spiro atoms. The molecule has 2 aliphatic rings. The van der Waals surface area contributed by atoms with E-state index in [1.54, 1.807) is 24.3 Å². The molecule has 2 heterocycles. The van der Waals surface area contributed by atoms with Gasteiger partial charge in [0.05, 0.1) is 4.90 Å². The molecule has 164 valence electrons. The van der Waals surface area contributed by atoms with E-state index in [1.165, 1.54) is 11.3 Å². The van der Waals surface area contributed by atoms with Crippen LogP contribution in [0.15, 0.2) is 58.4 Å². The summed E-state index contributed by atoms with van der Waals surface area (Å²) in [4.78, 5) is 22.3. The zero-order chi connectivity index (χ0) is 22.2. The summed E-state index contributed by atoms with van der Waals surface area (Å²) in [6.45, 7) is 8.69. The Morgan fingerprint density at radius 1 is 1.03 bits per heavy atom. The number of aliphatic imine (C=N–C) groups is 1. The number of nitrogens with zero attached hydrogens (tertiary/aromatic N) is 3. The molecule has 1 saturated heterocycles. The standard InChI is InChI=1S/C23H28N4O3S/c1-16(2)21(24-22-19-9-4-5-10-20(19)31(29,30)25-22)23(28)27-13-11-26(12-14-27)18-8-6-7-17(3)15-18/h4-10,15-16,21H,11-14H2,1-3H3,(H,24,25). The highest BCUT2D eigenvalue weighted by Gasteiger charge is 2.34. The monoisotopic (exact) mass is 440 g/mol. The number of carbonyl (C=O) groups is 1. The minimum absolute atomic E-state index is 0.0602. The Morgan fingerprint density at radius 3 is 2.42 bits per heavy atom. The van der Waals surface area contributed by atoms with E-state index in [2.05, 4.69) is 39.7 Å². The van der Waals surface area contributed by atoms with E-state index in [-0.39, 0.29) is 22.6 Å². The van der Waals surface area contributed by atoms with Crippen molar-refractivity contribution < 1.29 is 13.2 Å². The number of hydrogen-bond donors (Lipinski definition) is 1. The van der Waals surface area contributed by atoms with Gasteiger partial charge in [0, 0.05) is 37.4 Å². The summed E-state index contributed by atoms with van der Waals surface area (Å²) in [6, 6.07) is 14.5. The lowest BCUT2D eigenvalue weighted by atomic mass is 10.0. The van der Waals surface area contributed by atoms with Crippen LogP contribution in [0.4, 0.5) is 5.69 Å². The topological polar surface area (TPSA) is 82.1 Å². The number of nitrogens with one attached hydrogen (secondary N) is 1. The predicted octanol–water partition coefficient (Wildman–Crippen LogP) is 2.41. The molecule has 1 amide bonds. The SMILES string of the molecule is Cc1cccc(N2CCN(C(=O)C(N=C3NS(=O)(=O)c4ccccc43)C(C)C)CC2)c1. The van der Waals surface area contributed by atoms with Gasteiger partial charge in [-0.05, 0) is 42.7 Å². The van der Waals surface area contributed by atoms with Crippen LogP contribution in [0, 0.1) is 12.8 Å². The molecular formula is C23H28N4O3S. The fourth-order valence-electron chi connectivity index (χ4n) is 4.06. The van der Waals surface area contributed by atoms with Crippen LogP contribution in [-0.2, 0) is 14.8 Å². The first-order chi connectivity index (χ1) is 14.8.